The van der Waals surface area contributed by atoms with Crippen molar-refractivity contribution in [3.63, 3.8) is 0 Å². The van der Waals surface area contributed by atoms with Gasteiger partial charge in [0.2, 0.25) is 0 Å². The Balaban J connectivity index is 1.61. The lowest BCUT2D eigenvalue weighted by Gasteiger charge is -2.16. The van der Waals surface area contributed by atoms with Gasteiger partial charge in [0.1, 0.15) is 12.4 Å². The Morgan fingerprint density at radius 1 is 1.19 bits per heavy atom. The number of ether oxygens (including phenoxy) is 1. The Morgan fingerprint density at radius 2 is 1.93 bits per heavy atom. The van der Waals surface area contributed by atoms with Crippen LogP contribution in [0.25, 0.3) is 6.08 Å². The van der Waals surface area contributed by atoms with Crippen LogP contribution < -0.4 is 9.64 Å². The molecule has 1 fully saturated rings. The minimum absolute atomic E-state index is 0.0173. The van der Waals surface area contributed by atoms with Gasteiger partial charge in [-0.2, -0.15) is 0 Å². The van der Waals surface area contributed by atoms with Gasteiger partial charge in [-0.1, -0.05) is 42.2 Å². The van der Waals surface area contributed by atoms with E-state index in [9.17, 15) is 9.59 Å². The zero-order valence-corrected chi connectivity index (χ0v) is 16.1. The van der Waals surface area contributed by atoms with Crippen LogP contribution >= 0.6 is 24.0 Å². The lowest BCUT2D eigenvalue weighted by Crippen LogP contribution is -2.27. The number of Topliss-reactive ketones (excluding diaryl/α,β-unsaturated/α-hetero) is 1. The molecule has 2 aliphatic rings. The maximum atomic E-state index is 12.9. The Bertz CT molecular complexity index is 1020. The number of thiocarbonyl (C=S) groups is 1. The van der Waals surface area contributed by atoms with Gasteiger partial charge in [0.05, 0.1) is 10.6 Å². The molecule has 1 saturated heterocycles. The van der Waals surface area contributed by atoms with E-state index in [1.807, 2.05) is 36.4 Å². The van der Waals surface area contributed by atoms with Crippen LogP contribution in [0.15, 0.2) is 65.1 Å². The van der Waals surface area contributed by atoms with Crippen LogP contribution in [-0.2, 0) is 4.79 Å². The fourth-order valence-corrected chi connectivity index (χ4v) is 4.24. The van der Waals surface area contributed by atoms with Crippen LogP contribution in [0.1, 0.15) is 22.8 Å². The fourth-order valence-electron chi connectivity index (χ4n) is 2.92. The number of para-hydroxylation sites is 1. The van der Waals surface area contributed by atoms with Crippen molar-refractivity contribution in [2.45, 2.75) is 6.92 Å². The normalized spacial score (nSPS) is 17.6. The quantitative estimate of drug-likeness (QED) is 0.433. The van der Waals surface area contributed by atoms with E-state index in [-0.39, 0.29) is 11.7 Å². The van der Waals surface area contributed by atoms with E-state index in [0.717, 1.165) is 16.9 Å². The number of thioether (sulfide) groups is 1. The van der Waals surface area contributed by atoms with E-state index in [4.69, 9.17) is 17.0 Å². The summed E-state index contributed by atoms with van der Waals surface area (Å²) in [6.07, 6.45) is 3.85. The highest BCUT2D eigenvalue weighted by Crippen LogP contribution is 2.36. The van der Waals surface area contributed by atoms with Gasteiger partial charge in [-0.25, -0.2) is 0 Å². The molecular formula is C21H15NO3S2. The zero-order chi connectivity index (χ0) is 19.0. The molecule has 2 aromatic rings. The number of benzene rings is 2. The van der Waals surface area contributed by atoms with Crippen LogP contribution in [0.3, 0.4) is 0 Å². The third-order valence-corrected chi connectivity index (χ3v) is 5.60. The molecule has 0 atom stereocenters. The van der Waals surface area contributed by atoms with Gasteiger partial charge in [0.25, 0.3) is 5.91 Å². The summed E-state index contributed by atoms with van der Waals surface area (Å²) >= 11 is 6.67. The maximum Gasteiger partial charge on any atom is 0.270 e. The van der Waals surface area contributed by atoms with Gasteiger partial charge in [-0.05, 0) is 55.0 Å². The average Bonchev–Trinajstić information content (AvgIpc) is 2.95. The van der Waals surface area contributed by atoms with Crippen LogP contribution in [-0.4, -0.2) is 22.6 Å². The molecule has 2 aliphatic heterocycles. The van der Waals surface area contributed by atoms with Gasteiger partial charge >= 0.3 is 0 Å². The number of anilines is 1. The third kappa shape index (κ3) is 3.46. The first-order chi connectivity index (χ1) is 13.0. The summed E-state index contributed by atoms with van der Waals surface area (Å²) in [5.74, 6) is 0.657. The van der Waals surface area contributed by atoms with E-state index in [0.29, 0.717) is 27.1 Å². The highest BCUT2D eigenvalue weighted by molar-refractivity contribution is 8.27. The predicted octanol–water partition coefficient (Wildman–Crippen LogP) is 4.61. The molecule has 0 N–H and O–H groups in total. The number of fused-ring (bicyclic) bond motifs is 1. The summed E-state index contributed by atoms with van der Waals surface area (Å²) in [6, 6.07) is 14.7. The van der Waals surface area contributed by atoms with Crippen LogP contribution in [0.5, 0.6) is 5.75 Å². The number of carbonyl (C=O) groups is 2. The summed E-state index contributed by atoms with van der Waals surface area (Å²) in [5, 5.41) is 0. The Hall–Kier alpha value is -2.70. The van der Waals surface area contributed by atoms with Crippen LogP contribution in [0.4, 0.5) is 5.69 Å². The molecule has 2 aromatic carbocycles. The monoisotopic (exact) mass is 393 g/mol. The number of rotatable bonds is 3. The summed E-state index contributed by atoms with van der Waals surface area (Å²) in [7, 11) is 0. The van der Waals surface area contributed by atoms with Gasteiger partial charge < -0.3 is 4.74 Å². The number of amides is 1. The molecular weight excluding hydrogens is 378 g/mol. The molecule has 0 unspecified atom stereocenters. The molecule has 1 amide bonds. The fraction of sp³-hybridized carbons (Fsp3) is 0.0952. The van der Waals surface area contributed by atoms with Crippen molar-refractivity contribution < 1.29 is 14.3 Å². The predicted molar refractivity (Wildman–Crippen MR) is 112 cm³/mol. The number of hydrogen-bond acceptors (Lipinski definition) is 5. The minimum atomic E-state index is -0.166. The number of nitrogens with zero attached hydrogens (tertiary/aromatic N) is 1. The maximum absolute atomic E-state index is 12.9. The van der Waals surface area contributed by atoms with Crippen molar-refractivity contribution in [3.05, 3.63) is 76.2 Å². The molecule has 2 heterocycles. The zero-order valence-electron chi connectivity index (χ0n) is 14.5. The van der Waals surface area contributed by atoms with E-state index in [1.54, 1.807) is 24.3 Å². The van der Waals surface area contributed by atoms with E-state index in [1.165, 1.54) is 23.6 Å². The second kappa shape index (κ2) is 7.13. The molecule has 27 heavy (non-hydrogen) atoms. The Morgan fingerprint density at radius 3 is 2.67 bits per heavy atom. The van der Waals surface area contributed by atoms with Gasteiger partial charge in [-0.15, -0.1) is 0 Å². The molecule has 6 heteroatoms. The lowest BCUT2D eigenvalue weighted by molar-refractivity contribution is -0.113. The minimum Gasteiger partial charge on any atom is -0.488 e. The van der Waals surface area contributed by atoms with Crippen molar-refractivity contribution in [1.82, 2.24) is 0 Å². The standard InChI is InChI=1S/C21H15NO3S2/c1-13(23)15-6-8-17(9-7-15)22-20(24)19(27-21(22)26)11-14-10-16-4-2-3-5-18(16)25-12-14/h2-11H,12H2,1H3/b19-11-. The van der Waals surface area contributed by atoms with Gasteiger partial charge in [0, 0.05) is 11.1 Å². The number of carbonyl (C=O) groups excluding carboxylic acids is 2. The highest BCUT2D eigenvalue weighted by atomic mass is 32.2. The average molecular weight is 393 g/mol. The van der Waals surface area contributed by atoms with Crippen LogP contribution in [0, 0.1) is 0 Å². The van der Waals surface area contributed by atoms with E-state index in [2.05, 4.69) is 0 Å². The van der Waals surface area contributed by atoms with E-state index < -0.39 is 0 Å². The summed E-state index contributed by atoms with van der Waals surface area (Å²) in [6.45, 7) is 1.92. The molecule has 0 saturated carbocycles. The molecule has 4 rings (SSSR count). The summed E-state index contributed by atoms with van der Waals surface area (Å²) in [5.41, 5.74) is 3.17. The van der Waals surface area contributed by atoms with Crippen LogP contribution in [0.2, 0.25) is 0 Å². The Kier molecular flexibility index (Phi) is 4.68. The largest absolute Gasteiger partial charge is 0.488 e. The van der Waals surface area contributed by atoms with Gasteiger partial charge in [-0.3, -0.25) is 14.5 Å². The first kappa shape index (κ1) is 17.7. The molecule has 0 spiro atoms. The molecule has 0 bridgehead atoms. The van der Waals surface area contributed by atoms with Crippen molar-refractivity contribution >= 4 is 51.8 Å². The smallest absolute Gasteiger partial charge is 0.270 e. The van der Waals surface area contributed by atoms with Crippen molar-refractivity contribution in [3.8, 4) is 5.75 Å². The third-order valence-electron chi connectivity index (χ3n) is 4.30. The molecule has 0 radical (unpaired) electrons. The van der Waals surface area contributed by atoms with Gasteiger partial charge in [0.15, 0.2) is 10.1 Å². The van der Waals surface area contributed by atoms with Crippen molar-refractivity contribution in [1.29, 1.82) is 0 Å². The van der Waals surface area contributed by atoms with Crippen molar-refractivity contribution in [2.75, 3.05) is 11.5 Å². The topological polar surface area (TPSA) is 46.6 Å². The molecule has 4 nitrogen and oxygen atoms in total. The van der Waals surface area contributed by atoms with Crippen molar-refractivity contribution in [2.24, 2.45) is 0 Å². The summed E-state index contributed by atoms with van der Waals surface area (Å²) in [4.78, 5) is 26.4. The first-order valence-corrected chi connectivity index (χ1v) is 9.57. The highest BCUT2D eigenvalue weighted by Gasteiger charge is 2.33. The Labute approximate surface area is 166 Å². The molecule has 134 valence electrons. The lowest BCUT2D eigenvalue weighted by atomic mass is 10.1. The molecule has 0 aromatic heterocycles. The summed E-state index contributed by atoms with van der Waals surface area (Å²) < 4.78 is 6.22. The first-order valence-electron chi connectivity index (χ1n) is 8.34. The molecule has 0 aliphatic carbocycles. The second-order valence-electron chi connectivity index (χ2n) is 6.17. The second-order valence-corrected chi connectivity index (χ2v) is 7.84. The SMILES string of the molecule is CC(=O)c1ccc(N2C(=O)/C(=C/C3=Cc4ccccc4OC3)SC2=S)cc1. The van der Waals surface area contributed by atoms with E-state index >= 15 is 0 Å². The number of hydrogen-bond donors (Lipinski definition) is 0. The number of ketones is 1.